The lowest BCUT2D eigenvalue weighted by Gasteiger charge is -2.04. The third-order valence-corrected chi connectivity index (χ3v) is 3.70. The predicted molar refractivity (Wildman–Crippen MR) is 60.6 cm³/mol. The average molecular weight is 250 g/mol. The van der Waals surface area contributed by atoms with Gasteiger partial charge in [0.05, 0.1) is 5.75 Å². The first-order valence-corrected chi connectivity index (χ1v) is 7.01. The number of aryl methyl sites for hydroxylation is 1. The number of nitrogens with zero attached hydrogens (tertiary/aromatic N) is 2. The van der Waals surface area contributed by atoms with E-state index in [1.165, 1.54) is 11.3 Å². The minimum Gasteiger partial charge on any atom is -0.316 e. The molecule has 15 heavy (non-hydrogen) atoms. The van der Waals surface area contributed by atoms with Crippen LogP contribution in [0.25, 0.3) is 0 Å². The number of rotatable bonds is 6. The molecule has 0 aliphatic carbocycles. The van der Waals surface area contributed by atoms with Crippen LogP contribution in [0.15, 0.2) is 0 Å². The number of hydrogen-bond donors (Lipinski definition) is 2. The van der Waals surface area contributed by atoms with Gasteiger partial charge in [0, 0.05) is 6.54 Å². The molecule has 0 saturated carbocycles. The van der Waals surface area contributed by atoms with Gasteiger partial charge in [0.2, 0.25) is 15.2 Å². The van der Waals surface area contributed by atoms with E-state index in [1.807, 2.05) is 6.92 Å². The lowest BCUT2D eigenvalue weighted by Crippen LogP contribution is -2.26. The fourth-order valence-corrected chi connectivity index (χ4v) is 2.72. The number of nitrogens with one attached hydrogen (secondary N) is 2. The Morgan fingerprint density at radius 3 is 2.67 bits per heavy atom. The highest BCUT2D eigenvalue weighted by molar-refractivity contribution is 7.92. The molecule has 1 heterocycles. The van der Waals surface area contributed by atoms with Gasteiger partial charge in [-0.2, -0.15) is 0 Å². The van der Waals surface area contributed by atoms with Crippen molar-refractivity contribution in [3.8, 4) is 0 Å². The second kappa shape index (κ2) is 5.38. The molecule has 0 unspecified atom stereocenters. The molecule has 0 fully saturated rings. The molecule has 2 N–H and O–H groups in total. The van der Waals surface area contributed by atoms with Gasteiger partial charge in [-0.15, -0.1) is 10.2 Å². The summed E-state index contributed by atoms with van der Waals surface area (Å²) in [5.74, 6) is 0.0411. The van der Waals surface area contributed by atoms with Crippen molar-refractivity contribution in [3.63, 3.8) is 0 Å². The summed E-state index contributed by atoms with van der Waals surface area (Å²) < 4.78 is 25.3. The molecule has 86 valence electrons. The maximum atomic E-state index is 11.5. The first-order chi connectivity index (χ1) is 7.03. The Hall–Kier alpha value is -0.730. The summed E-state index contributed by atoms with van der Waals surface area (Å²) >= 11 is 1.22. The van der Waals surface area contributed by atoms with Crippen LogP contribution < -0.4 is 10.0 Å². The van der Waals surface area contributed by atoms with Crippen LogP contribution >= 0.6 is 11.3 Å². The van der Waals surface area contributed by atoms with Crippen molar-refractivity contribution in [2.75, 3.05) is 23.6 Å². The molecule has 0 saturated heterocycles. The van der Waals surface area contributed by atoms with Gasteiger partial charge >= 0.3 is 0 Å². The number of sulfonamides is 1. The highest BCUT2D eigenvalue weighted by Crippen LogP contribution is 2.14. The van der Waals surface area contributed by atoms with E-state index >= 15 is 0 Å². The Bertz CT molecular complexity index is 401. The van der Waals surface area contributed by atoms with E-state index in [9.17, 15) is 8.42 Å². The van der Waals surface area contributed by atoms with Gasteiger partial charge in [-0.25, -0.2) is 8.42 Å². The van der Waals surface area contributed by atoms with E-state index in [2.05, 4.69) is 20.2 Å². The van der Waals surface area contributed by atoms with Crippen molar-refractivity contribution in [3.05, 3.63) is 5.01 Å². The topological polar surface area (TPSA) is 84.0 Å². The lowest BCUT2D eigenvalue weighted by atomic mass is 10.7. The monoisotopic (exact) mass is 250 g/mol. The largest absolute Gasteiger partial charge is 0.316 e. The Labute approximate surface area is 93.2 Å². The van der Waals surface area contributed by atoms with E-state index in [4.69, 9.17) is 0 Å². The number of aromatic nitrogens is 2. The summed E-state index contributed by atoms with van der Waals surface area (Å²) in [5, 5.41) is 11.4. The van der Waals surface area contributed by atoms with Crippen molar-refractivity contribution in [2.45, 2.75) is 13.8 Å². The zero-order chi connectivity index (χ0) is 11.3. The molecule has 0 aliphatic rings. The predicted octanol–water partition coefficient (Wildman–Crippen LogP) is 0.198. The van der Waals surface area contributed by atoms with E-state index in [0.29, 0.717) is 11.7 Å². The normalized spacial score (nSPS) is 11.6. The van der Waals surface area contributed by atoms with Gasteiger partial charge in [-0.3, -0.25) is 4.72 Å². The third kappa shape index (κ3) is 4.54. The molecule has 6 nitrogen and oxygen atoms in total. The zero-order valence-corrected chi connectivity index (χ0v) is 10.3. The second-order valence-corrected chi connectivity index (χ2v) is 5.92. The van der Waals surface area contributed by atoms with E-state index in [0.717, 1.165) is 11.6 Å². The Balaban J connectivity index is 2.49. The Morgan fingerprint density at radius 2 is 2.13 bits per heavy atom. The maximum Gasteiger partial charge on any atom is 0.235 e. The van der Waals surface area contributed by atoms with Crippen LogP contribution in [-0.2, 0) is 10.0 Å². The highest BCUT2D eigenvalue weighted by Gasteiger charge is 2.12. The fourth-order valence-electron chi connectivity index (χ4n) is 0.905. The molecule has 0 aliphatic heterocycles. The van der Waals surface area contributed by atoms with Crippen LogP contribution in [0.5, 0.6) is 0 Å². The van der Waals surface area contributed by atoms with Gasteiger partial charge in [-0.05, 0) is 13.5 Å². The van der Waals surface area contributed by atoms with Gasteiger partial charge in [0.25, 0.3) is 0 Å². The fraction of sp³-hybridized carbons (Fsp3) is 0.714. The average Bonchev–Trinajstić information content (AvgIpc) is 2.50. The zero-order valence-electron chi connectivity index (χ0n) is 8.65. The molecule has 0 bridgehead atoms. The number of anilines is 1. The van der Waals surface area contributed by atoms with E-state index < -0.39 is 10.0 Å². The molecule has 8 heteroatoms. The van der Waals surface area contributed by atoms with Crippen LogP contribution in [0.1, 0.15) is 11.9 Å². The molecule has 0 amide bonds. The molecular weight excluding hydrogens is 236 g/mol. The van der Waals surface area contributed by atoms with Gasteiger partial charge in [-0.1, -0.05) is 18.3 Å². The summed E-state index contributed by atoms with van der Waals surface area (Å²) in [6.45, 7) is 4.89. The van der Waals surface area contributed by atoms with Crippen molar-refractivity contribution in [1.29, 1.82) is 0 Å². The number of hydrogen-bond acceptors (Lipinski definition) is 6. The van der Waals surface area contributed by atoms with Crippen molar-refractivity contribution >= 4 is 26.5 Å². The van der Waals surface area contributed by atoms with Crippen molar-refractivity contribution in [1.82, 2.24) is 15.5 Å². The SMILES string of the molecule is CCNCCS(=O)(=O)Nc1nnc(C)s1. The molecule has 1 rings (SSSR count). The Kier molecular flexibility index (Phi) is 4.43. The molecule has 1 aromatic heterocycles. The molecule has 0 aromatic carbocycles. The highest BCUT2D eigenvalue weighted by atomic mass is 32.2. The molecule has 0 atom stereocenters. The first-order valence-electron chi connectivity index (χ1n) is 4.55. The summed E-state index contributed by atoms with van der Waals surface area (Å²) in [5.41, 5.74) is 0. The van der Waals surface area contributed by atoms with Crippen molar-refractivity contribution in [2.24, 2.45) is 0 Å². The van der Waals surface area contributed by atoms with Crippen LogP contribution in [0.4, 0.5) is 5.13 Å². The van der Waals surface area contributed by atoms with Crippen LogP contribution in [0.3, 0.4) is 0 Å². The first kappa shape index (κ1) is 12.3. The van der Waals surface area contributed by atoms with Crippen LogP contribution in [0.2, 0.25) is 0 Å². The standard InChI is InChI=1S/C7H14N4O2S2/c1-3-8-4-5-15(12,13)11-7-10-9-6(2)14-7/h8H,3-5H2,1-2H3,(H,10,11). The van der Waals surface area contributed by atoms with Gasteiger partial charge in [0.15, 0.2) is 0 Å². The van der Waals surface area contributed by atoms with E-state index in [-0.39, 0.29) is 5.75 Å². The van der Waals surface area contributed by atoms with Gasteiger partial charge < -0.3 is 5.32 Å². The molecular formula is C7H14N4O2S2. The maximum absolute atomic E-state index is 11.5. The second-order valence-electron chi connectivity index (χ2n) is 2.90. The minimum absolute atomic E-state index is 0.0411. The van der Waals surface area contributed by atoms with Crippen molar-refractivity contribution < 1.29 is 8.42 Å². The van der Waals surface area contributed by atoms with Gasteiger partial charge in [0.1, 0.15) is 5.01 Å². The quantitative estimate of drug-likeness (QED) is 0.705. The summed E-state index contributed by atoms with van der Waals surface area (Å²) in [6, 6.07) is 0. The smallest absolute Gasteiger partial charge is 0.235 e. The van der Waals surface area contributed by atoms with E-state index in [1.54, 1.807) is 6.92 Å². The molecule has 0 spiro atoms. The minimum atomic E-state index is -3.30. The third-order valence-electron chi connectivity index (χ3n) is 1.57. The Morgan fingerprint density at radius 1 is 1.40 bits per heavy atom. The summed E-state index contributed by atoms with van der Waals surface area (Å²) in [6.07, 6.45) is 0. The molecule has 1 aromatic rings. The van der Waals surface area contributed by atoms with Crippen LogP contribution in [0, 0.1) is 6.92 Å². The summed E-state index contributed by atoms with van der Waals surface area (Å²) in [4.78, 5) is 0. The molecule has 0 radical (unpaired) electrons. The lowest BCUT2D eigenvalue weighted by molar-refractivity contribution is 0.597. The summed E-state index contributed by atoms with van der Waals surface area (Å²) in [7, 11) is -3.30. The van der Waals surface area contributed by atoms with Crippen LogP contribution in [-0.4, -0.2) is 37.5 Å².